The number of nitrogens with zero attached hydrogens (tertiary/aromatic N) is 3. The zero-order valence-electron chi connectivity index (χ0n) is 26.5. The van der Waals surface area contributed by atoms with Crippen molar-refractivity contribution in [1.82, 2.24) is 9.80 Å². The average molecular weight is 599 g/mol. The number of para-hydroxylation sites is 1. The van der Waals surface area contributed by atoms with E-state index in [-0.39, 0.29) is 19.2 Å². The summed E-state index contributed by atoms with van der Waals surface area (Å²) in [6.07, 6.45) is 3.26. The molecule has 2 aromatic carbocycles. The first kappa shape index (κ1) is 32.4. The van der Waals surface area contributed by atoms with E-state index in [4.69, 9.17) is 18.9 Å². The summed E-state index contributed by atoms with van der Waals surface area (Å²) < 4.78 is 23.3. The van der Waals surface area contributed by atoms with Crippen LogP contribution in [0.1, 0.15) is 43.2 Å². The molecule has 2 heterocycles. The van der Waals surface area contributed by atoms with Crippen LogP contribution in [0.4, 0.5) is 0 Å². The van der Waals surface area contributed by atoms with Gasteiger partial charge < -0.3 is 33.4 Å². The maximum absolute atomic E-state index is 13.9. The number of methoxy groups -OCH3 is 2. The number of carboxylic acids is 1. The second-order valence-electron chi connectivity index (χ2n) is 12.5. The molecule has 3 atom stereocenters. The lowest BCUT2D eigenvalue weighted by Gasteiger charge is -2.31. The standard InChI is InChI=1S/C33H47N3O7/c1-7-8-14-34(15-11-16-36(2,3)4)30(37)21-35-20-25(24-18-28(41-6)32-29(19-24)42-22-43-32)31(33(38)39)26(35)17-23-12-9-10-13-27(23)40-5/h9-10,12-13,18-19,25-26,31H,7-8,11,14-17,20-22H2,1-6H3/p+1/t25-,26+,31-/m1/s1. The fraction of sp³-hybridized carbons (Fsp3) is 0.576. The summed E-state index contributed by atoms with van der Waals surface area (Å²) in [5, 5.41) is 10.7. The normalized spacial score (nSPS) is 19.8. The molecule has 43 heavy (non-hydrogen) atoms. The number of carbonyl (C=O) groups excluding carboxylic acids is 1. The number of amides is 1. The Labute approximate surface area is 255 Å². The molecule has 0 spiro atoms. The lowest BCUT2D eigenvalue weighted by molar-refractivity contribution is -0.870. The van der Waals surface area contributed by atoms with Crippen LogP contribution in [-0.4, -0.2) is 112 Å². The molecule has 0 saturated carbocycles. The Bertz CT molecular complexity index is 1260. The maximum atomic E-state index is 13.9. The summed E-state index contributed by atoms with van der Waals surface area (Å²) >= 11 is 0. The van der Waals surface area contributed by atoms with Crippen LogP contribution < -0.4 is 18.9 Å². The van der Waals surface area contributed by atoms with Crippen LogP contribution in [0.5, 0.6) is 23.0 Å². The molecule has 1 saturated heterocycles. The van der Waals surface area contributed by atoms with Crippen molar-refractivity contribution in [1.29, 1.82) is 0 Å². The molecule has 0 bridgehead atoms. The van der Waals surface area contributed by atoms with Gasteiger partial charge in [0.05, 0.1) is 54.4 Å². The zero-order valence-corrected chi connectivity index (χ0v) is 26.5. The molecule has 0 unspecified atom stereocenters. The summed E-state index contributed by atoms with van der Waals surface area (Å²) in [5.74, 6) is 0.242. The quantitative estimate of drug-likeness (QED) is 0.309. The molecule has 1 N–H and O–H groups in total. The Morgan fingerprint density at radius 1 is 1.05 bits per heavy atom. The number of rotatable bonds is 15. The largest absolute Gasteiger partial charge is 0.496 e. The lowest BCUT2D eigenvalue weighted by Crippen LogP contribution is -2.46. The zero-order chi connectivity index (χ0) is 31.1. The molecular weight excluding hydrogens is 550 g/mol. The van der Waals surface area contributed by atoms with E-state index in [0.29, 0.717) is 49.1 Å². The van der Waals surface area contributed by atoms with Crippen molar-refractivity contribution in [3.8, 4) is 23.0 Å². The van der Waals surface area contributed by atoms with Gasteiger partial charge in [-0.05, 0) is 42.2 Å². The van der Waals surface area contributed by atoms with Gasteiger partial charge in [-0.2, -0.15) is 0 Å². The van der Waals surface area contributed by atoms with Crippen molar-refractivity contribution in [2.24, 2.45) is 5.92 Å². The second kappa shape index (κ2) is 14.3. The minimum absolute atomic E-state index is 0.0351. The van der Waals surface area contributed by atoms with Crippen LogP contribution in [0.25, 0.3) is 0 Å². The smallest absolute Gasteiger partial charge is 0.308 e. The predicted molar refractivity (Wildman–Crippen MR) is 164 cm³/mol. The summed E-state index contributed by atoms with van der Waals surface area (Å²) in [4.78, 5) is 31.0. The van der Waals surface area contributed by atoms with Gasteiger partial charge in [0.25, 0.3) is 0 Å². The average Bonchev–Trinajstić information content (AvgIpc) is 3.59. The summed E-state index contributed by atoms with van der Waals surface area (Å²) in [5.41, 5.74) is 1.70. The summed E-state index contributed by atoms with van der Waals surface area (Å²) in [7, 11) is 9.64. The molecule has 1 fully saturated rings. The van der Waals surface area contributed by atoms with Crippen LogP contribution in [0.3, 0.4) is 0 Å². The van der Waals surface area contributed by atoms with Crippen LogP contribution in [0, 0.1) is 5.92 Å². The molecule has 0 aliphatic carbocycles. The number of ether oxygens (including phenoxy) is 4. The maximum Gasteiger partial charge on any atom is 0.308 e. The van der Waals surface area contributed by atoms with Gasteiger partial charge in [-0.25, -0.2) is 0 Å². The van der Waals surface area contributed by atoms with Gasteiger partial charge in [-0.3, -0.25) is 14.5 Å². The first-order valence-corrected chi connectivity index (χ1v) is 15.2. The Morgan fingerprint density at radius 3 is 2.44 bits per heavy atom. The second-order valence-corrected chi connectivity index (χ2v) is 12.5. The molecule has 236 valence electrons. The Hall–Kier alpha value is -3.50. The van der Waals surface area contributed by atoms with E-state index < -0.39 is 23.8 Å². The molecule has 2 aliphatic heterocycles. The van der Waals surface area contributed by atoms with Crippen molar-refractivity contribution < 1.29 is 38.1 Å². The van der Waals surface area contributed by atoms with Crippen LogP contribution in [0.15, 0.2) is 36.4 Å². The third-order valence-electron chi connectivity index (χ3n) is 8.49. The number of hydrogen-bond acceptors (Lipinski definition) is 7. The number of likely N-dealkylation sites (tertiary alicyclic amines) is 1. The molecule has 4 rings (SSSR count). The van der Waals surface area contributed by atoms with Crippen LogP contribution in [0.2, 0.25) is 0 Å². The van der Waals surface area contributed by atoms with Crippen molar-refractivity contribution in [3.05, 3.63) is 47.5 Å². The predicted octanol–water partition coefficient (Wildman–Crippen LogP) is 3.87. The molecule has 10 heteroatoms. The summed E-state index contributed by atoms with van der Waals surface area (Å²) in [6.45, 7) is 5.11. The number of benzene rings is 2. The van der Waals surface area contributed by atoms with Gasteiger partial charge in [0.2, 0.25) is 18.4 Å². The Balaban J connectivity index is 1.67. The SMILES string of the molecule is CCCCN(CCC[N+](C)(C)C)C(=O)CN1C[C@H](c2cc(OC)c3c(c2)OCO3)[C@@H](C(=O)O)[C@@H]1Cc1ccccc1OC. The monoisotopic (exact) mass is 598 g/mol. The number of carboxylic acid groups (broad SMARTS) is 1. The molecule has 10 nitrogen and oxygen atoms in total. The van der Waals surface area contributed by atoms with Crippen molar-refractivity contribution in [2.75, 3.05) is 74.9 Å². The molecular formula is C33H48N3O7+. The van der Waals surface area contributed by atoms with E-state index in [1.54, 1.807) is 14.2 Å². The van der Waals surface area contributed by atoms with Gasteiger partial charge in [0.15, 0.2) is 11.5 Å². The molecule has 2 aromatic rings. The number of fused-ring (bicyclic) bond motifs is 1. The van der Waals surface area contributed by atoms with E-state index in [1.165, 1.54) is 0 Å². The van der Waals surface area contributed by atoms with Gasteiger partial charge in [-0.1, -0.05) is 31.5 Å². The van der Waals surface area contributed by atoms with Crippen molar-refractivity contribution in [2.45, 2.75) is 44.6 Å². The first-order valence-electron chi connectivity index (χ1n) is 15.2. The van der Waals surface area contributed by atoms with Gasteiger partial charge in [-0.15, -0.1) is 0 Å². The summed E-state index contributed by atoms with van der Waals surface area (Å²) in [6, 6.07) is 10.9. The number of quaternary nitrogens is 1. The molecule has 2 aliphatic rings. The highest BCUT2D eigenvalue weighted by Crippen LogP contribution is 2.47. The minimum Gasteiger partial charge on any atom is -0.496 e. The number of hydrogen-bond donors (Lipinski definition) is 1. The number of aliphatic carboxylic acids is 1. The number of unbranched alkanes of at least 4 members (excludes halogenated alkanes) is 1. The lowest BCUT2D eigenvalue weighted by atomic mass is 9.83. The van der Waals surface area contributed by atoms with E-state index in [9.17, 15) is 14.7 Å². The third-order valence-corrected chi connectivity index (χ3v) is 8.49. The topological polar surface area (TPSA) is 97.8 Å². The number of carbonyl (C=O) groups is 2. The van der Waals surface area contributed by atoms with Crippen molar-refractivity contribution >= 4 is 11.9 Å². The Morgan fingerprint density at radius 2 is 1.77 bits per heavy atom. The highest BCUT2D eigenvalue weighted by Gasteiger charge is 2.48. The fourth-order valence-corrected chi connectivity index (χ4v) is 6.26. The highest BCUT2D eigenvalue weighted by molar-refractivity contribution is 5.79. The van der Waals surface area contributed by atoms with Gasteiger partial charge in [0.1, 0.15) is 5.75 Å². The minimum atomic E-state index is -0.901. The van der Waals surface area contributed by atoms with Crippen LogP contribution in [-0.2, 0) is 16.0 Å². The molecule has 1 amide bonds. The highest BCUT2D eigenvalue weighted by atomic mass is 16.7. The van der Waals surface area contributed by atoms with Crippen molar-refractivity contribution in [3.63, 3.8) is 0 Å². The third kappa shape index (κ3) is 7.92. The van der Waals surface area contributed by atoms with Gasteiger partial charge >= 0.3 is 5.97 Å². The van der Waals surface area contributed by atoms with E-state index in [0.717, 1.165) is 41.4 Å². The molecule has 0 aromatic heterocycles. The van der Waals surface area contributed by atoms with E-state index in [1.807, 2.05) is 41.3 Å². The van der Waals surface area contributed by atoms with E-state index >= 15 is 0 Å². The Kier molecular flexibility index (Phi) is 10.8. The fourth-order valence-electron chi connectivity index (χ4n) is 6.26. The van der Waals surface area contributed by atoms with Crippen LogP contribution >= 0.6 is 0 Å². The first-order chi connectivity index (χ1) is 20.6. The molecule has 0 radical (unpaired) electrons. The van der Waals surface area contributed by atoms with E-state index in [2.05, 4.69) is 33.0 Å². The van der Waals surface area contributed by atoms with Gasteiger partial charge in [0, 0.05) is 38.0 Å².